The third-order valence-corrected chi connectivity index (χ3v) is 4.75. The number of hydrogen-bond donors (Lipinski definition) is 1. The standard InChI is InChI=1S/C18H19N3O3S/c1-12-20-14(11-25-12)8-18(22)21-16-6-7-23-10-17(16)24-15-4-2-13(9-19)3-5-15/h2-5,11,16-17H,6-8,10H2,1H3,(H,21,22)/t16-,17-/m0/s1. The molecule has 130 valence electrons. The van der Waals surface area contributed by atoms with Crippen LogP contribution in [0.2, 0.25) is 0 Å². The lowest BCUT2D eigenvalue weighted by molar-refractivity contribution is -0.123. The second kappa shape index (κ2) is 8.10. The number of thiazole rings is 1. The number of nitriles is 1. The molecule has 6 nitrogen and oxygen atoms in total. The van der Waals surface area contributed by atoms with E-state index in [2.05, 4.69) is 16.4 Å². The summed E-state index contributed by atoms with van der Waals surface area (Å²) in [6.07, 6.45) is 0.705. The summed E-state index contributed by atoms with van der Waals surface area (Å²) in [5.41, 5.74) is 1.37. The number of aromatic nitrogens is 1. The highest BCUT2D eigenvalue weighted by Gasteiger charge is 2.29. The Balaban J connectivity index is 1.59. The number of carbonyl (C=O) groups is 1. The van der Waals surface area contributed by atoms with Crippen LogP contribution in [0.5, 0.6) is 5.75 Å². The van der Waals surface area contributed by atoms with Crippen molar-refractivity contribution in [1.29, 1.82) is 5.26 Å². The van der Waals surface area contributed by atoms with Crippen LogP contribution in [0.4, 0.5) is 0 Å². The number of ether oxygens (including phenoxy) is 2. The Hall–Kier alpha value is -2.43. The van der Waals surface area contributed by atoms with E-state index in [0.29, 0.717) is 30.9 Å². The van der Waals surface area contributed by atoms with Gasteiger partial charge in [-0.05, 0) is 37.6 Å². The first-order valence-electron chi connectivity index (χ1n) is 8.09. The van der Waals surface area contributed by atoms with E-state index in [1.165, 1.54) is 11.3 Å². The molecule has 7 heteroatoms. The molecule has 0 unspecified atom stereocenters. The summed E-state index contributed by atoms with van der Waals surface area (Å²) in [6.45, 7) is 2.93. The lowest BCUT2D eigenvalue weighted by Crippen LogP contribution is -2.51. The van der Waals surface area contributed by atoms with Crippen molar-refractivity contribution in [2.75, 3.05) is 13.2 Å². The summed E-state index contributed by atoms with van der Waals surface area (Å²) in [5.74, 6) is 0.592. The Morgan fingerprint density at radius 2 is 2.28 bits per heavy atom. The molecule has 0 bridgehead atoms. The molecule has 1 fully saturated rings. The third-order valence-electron chi connectivity index (χ3n) is 3.93. The number of benzene rings is 1. The Morgan fingerprint density at radius 3 is 2.96 bits per heavy atom. The van der Waals surface area contributed by atoms with Crippen LogP contribution in [0.3, 0.4) is 0 Å². The zero-order valence-electron chi connectivity index (χ0n) is 13.9. The van der Waals surface area contributed by atoms with Crippen LogP contribution in [0.1, 0.15) is 22.7 Å². The molecule has 3 rings (SSSR count). The molecule has 1 aliphatic rings. The molecule has 1 amide bonds. The van der Waals surface area contributed by atoms with Gasteiger partial charge in [0.05, 0.1) is 41.4 Å². The molecule has 1 aliphatic heterocycles. The summed E-state index contributed by atoms with van der Waals surface area (Å²) in [7, 11) is 0. The van der Waals surface area contributed by atoms with Gasteiger partial charge < -0.3 is 14.8 Å². The third kappa shape index (κ3) is 4.78. The minimum absolute atomic E-state index is 0.0642. The van der Waals surface area contributed by atoms with Gasteiger partial charge in [-0.25, -0.2) is 4.98 Å². The van der Waals surface area contributed by atoms with Crippen molar-refractivity contribution in [3.63, 3.8) is 0 Å². The van der Waals surface area contributed by atoms with Crippen molar-refractivity contribution in [3.8, 4) is 11.8 Å². The highest BCUT2D eigenvalue weighted by atomic mass is 32.1. The van der Waals surface area contributed by atoms with Crippen LogP contribution in [0.15, 0.2) is 29.6 Å². The molecule has 0 aliphatic carbocycles. The smallest absolute Gasteiger partial charge is 0.226 e. The minimum atomic E-state index is -0.261. The van der Waals surface area contributed by atoms with Crippen LogP contribution >= 0.6 is 11.3 Å². The maximum Gasteiger partial charge on any atom is 0.226 e. The van der Waals surface area contributed by atoms with Gasteiger partial charge in [0.1, 0.15) is 11.9 Å². The average Bonchev–Trinajstić information content (AvgIpc) is 3.02. The fraction of sp³-hybridized carbons (Fsp3) is 0.389. The largest absolute Gasteiger partial charge is 0.486 e. The number of rotatable bonds is 5. The number of carbonyl (C=O) groups excluding carboxylic acids is 1. The lowest BCUT2D eigenvalue weighted by atomic mass is 10.1. The zero-order chi connectivity index (χ0) is 17.6. The molecular formula is C18H19N3O3S. The van der Waals surface area contributed by atoms with Crippen molar-refractivity contribution in [2.24, 2.45) is 0 Å². The van der Waals surface area contributed by atoms with E-state index in [1.807, 2.05) is 12.3 Å². The van der Waals surface area contributed by atoms with E-state index in [-0.39, 0.29) is 24.5 Å². The Kier molecular flexibility index (Phi) is 5.64. The SMILES string of the molecule is Cc1nc(CC(=O)N[C@H]2CCOC[C@@H]2Oc2ccc(C#N)cc2)cs1. The highest BCUT2D eigenvalue weighted by molar-refractivity contribution is 7.09. The van der Waals surface area contributed by atoms with Crippen molar-refractivity contribution >= 4 is 17.2 Å². The van der Waals surface area contributed by atoms with Gasteiger partial charge in [0.15, 0.2) is 0 Å². The van der Waals surface area contributed by atoms with Gasteiger partial charge in [-0.2, -0.15) is 5.26 Å². The predicted octanol–water partition coefficient (Wildman–Crippen LogP) is 2.22. The number of amides is 1. The fourth-order valence-electron chi connectivity index (χ4n) is 2.69. The van der Waals surface area contributed by atoms with E-state index >= 15 is 0 Å². The minimum Gasteiger partial charge on any atom is -0.486 e. The molecule has 1 N–H and O–H groups in total. The molecule has 25 heavy (non-hydrogen) atoms. The summed E-state index contributed by atoms with van der Waals surface area (Å²) in [4.78, 5) is 16.6. The quantitative estimate of drug-likeness (QED) is 0.887. The van der Waals surface area contributed by atoms with Crippen molar-refractivity contribution in [2.45, 2.75) is 31.9 Å². The monoisotopic (exact) mass is 357 g/mol. The Labute approximate surface area is 150 Å². The molecule has 0 spiro atoms. The van der Waals surface area contributed by atoms with E-state index < -0.39 is 0 Å². The second-order valence-corrected chi connectivity index (χ2v) is 6.93. The fourth-order valence-corrected chi connectivity index (χ4v) is 3.30. The molecule has 1 aromatic carbocycles. The van der Waals surface area contributed by atoms with Crippen LogP contribution in [0.25, 0.3) is 0 Å². The number of nitrogens with zero attached hydrogens (tertiary/aromatic N) is 2. The summed E-state index contributed by atoms with van der Waals surface area (Å²) >= 11 is 1.54. The maximum absolute atomic E-state index is 12.3. The average molecular weight is 357 g/mol. The molecule has 1 aromatic heterocycles. The molecule has 2 heterocycles. The van der Waals surface area contributed by atoms with E-state index in [0.717, 1.165) is 10.7 Å². The summed E-state index contributed by atoms with van der Waals surface area (Å²) in [5, 5.41) is 14.7. The first-order chi connectivity index (χ1) is 12.1. The number of hydrogen-bond acceptors (Lipinski definition) is 6. The van der Waals surface area contributed by atoms with Crippen molar-refractivity contribution < 1.29 is 14.3 Å². The van der Waals surface area contributed by atoms with Crippen molar-refractivity contribution in [1.82, 2.24) is 10.3 Å². The van der Waals surface area contributed by atoms with Gasteiger partial charge in [0, 0.05) is 12.0 Å². The van der Waals surface area contributed by atoms with Gasteiger partial charge in [-0.1, -0.05) is 0 Å². The van der Waals surface area contributed by atoms with E-state index in [4.69, 9.17) is 14.7 Å². The topological polar surface area (TPSA) is 84.2 Å². The van der Waals surface area contributed by atoms with Crippen LogP contribution in [-0.4, -0.2) is 36.3 Å². The van der Waals surface area contributed by atoms with Gasteiger partial charge in [-0.15, -0.1) is 11.3 Å². The Morgan fingerprint density at radius 1 is 1.48 bits per heavy atom. The molecule has 2 aromatic rings. The normalized spacial score (nSPS) is 19.8. The first-order valence-corrected chi connectivity index (χ1v) is 8.97. The molecule has 0 saturated carbocycles. The van der Waals surface area contributed by atoms with E-state index in [9.17, 15) is 4.79 Å². The van der Waals surface area contributed by atoms with Gasteiger partial charge >= 0.3 is 0 Å². The zero-order valence-corrected chi connectivity index (χ0v) is 14.7. The summed E-state index contributed by atoms with van der Waals surface area (Å²) in [6, 6.07) is 8.88. The number of aryl methyl sites for hydroxylation is 1. The number of nitrogens with one attached hydrogen (secondary N) is 1. The second-order valence-electron chi connectivity index (χ2n) is 5.86. The first kappa shape index (κ1) is 17.4. The molecule has 0 radical (unpaired) electrons. The van der Waals surface area contributed by atoms with Gasteiger partial charge in [0.2, 0.25) is 5.91 Å². The van der Waals surface area contributed by atoms with Gasteiger partial charge in [0.25, 0.3) is 0 Å². The lowest BCUT2D eigenvalue weighted by Gasteiger charge is -2.32. The molecule has 2 atom stereocenters. The highest BCUT2D eigenvalue weighted by Crippen LogP contribution is 2.19. The maximum atomic E-state index is 12.3. The molecular weight excluding hydrogens is 338 g/mol. The van der Waals surface area contributed by atoms with Crippen LogP contribution in [-0.2, 0) is 16.0 Å². The van der Waals surface area contributed by atoms with Crippen LogP contribution in [0, 0.1) is 18.3 Å². The van der Waals surface area contributed by atoms with Gasteiger partial charge in [-0.3, -0.25) is 4.79 Å². The van der Waals surface area contributed by atoms with Crippen molar-refractivity contribution in [3.05, 3.63) is 45.9 Å². The summed E-state index contributed by atoms with van der Waals surface area (Å²) < 4.78 is 11.5. The van der Waals surface area contributed by atoms with E-state index in [1.54, 1.807) is 24.3 Å². The van der Waals surface area contributed by atoms with Crippen LogP contribution < -0.4 is 10.1 Å². The Bertz CT molecular complexity index is 767. The molecule has 1 saturated heterocycles. The predicted molar refractivity (Wildman–Crippen MR) is 93.5 cm³/mol.